The van der Waals surface area contributed by atoms with Gasteiger partial charge in [0.25, 0.3) is 0 Å². The number of hydrogen-bond acceptors (Lipinski definition) is 5. The predicted molar refractivity (Wildman–Crippen MR) is 81.1 cm³/mol. The van der Waals surface area contributed by atoms with Crippen LogP contribution >= 0.6 is 22.7 Å². The lowest BCUT2D eigenvalue weighted by atomic mass is 9.93. The topological polar surface area (TPSA) is 46.0 Å². The number of thiazole rings is 2. The molecule has 2 heterocycles. The number of aliphatic hydroxyl groups excluding tert-OH is 1. The molecule has 0 saturated carbocycles. The lowest BCUT2D eigenvalue weighted by Gasteiger charge is -2.14. The van der Waals surface area contributed by atoms with Crippen molar-refractivity contribution in [1.82, 2.24) is 9.97 Å². The van der Waals surface area contributed by atoms with Crippen molar-refractivity contribution < 1.29 is 5.11 Å². The maximum atomic E-state index is 10.1. The molecular weight excluding hydrogens is 276 g/mol. The van der Waals surface area contributed by atoms with Crippen LogP contribution in [0.1, 0.15) is 42.2 Å². The fourth-order valence-corrected chi connectivity index (χ4v) is 3.66. The van der Waals surface area contributed by atoms with Gasteiger partial charge in [-0.15, -0.1) is 22.7 Å². The Morgan fingerprint density at radius 2 is 1.68 bits per heavy atom. The van der Waals surface area contributed by atoms with Gasteiger partial charge in [0.1, 0.15) is 0 Å². The molecule has 0 amide bonds. The normalized spacial score (nSPS) is 13.7. The molecule has 1 atom stereocenters. The molecule has 0 fully saturated rings. The summed E-state index contributed by atoms with van der Waals surface area (Å²) >= 11 is 3.24. The van der Waals surface area contributed by atoms with Crippen molar-refractivity contribution in [3.63, 3.8) is 0 Å². The Balaban J connectivity index is 1.95. The minimum atomic E-state index is -0.399. The Morgan fingerprint density at radius 3 is 2.16 bits per heavy atom. The van der Waals surface area contributed by atoms with Gasteiger partial charge >= 0.3 is 0 Å². The second kappa shape index (κ2) is 5.69. The average Bonchev–Trinajstić information content (AvgIpc) is 2.87. The quantitative estimate of drug-likeness (QED) is 0.941. The van der Waals surface area contributed by atoms with Crippen LogP contribution in [0.2, 0.25) is 0 Å². The van der Waals surface area contributed by atoms with Gasteiger partial charge in [-0.2, -0.15) is 0 Å². The summed E-state index contributed by atoms with van der Waals surface area (Å²) in [6, 6.07) is 0. The predicted octanol–water partition coefficient (Wildman–Crippen LogP) is 3.35. The van der Waals surface area contributed by atoms with E-state index in [0.29, 0.717) is 12.8 Å². The highest BCUT2D eigenvalue weighted by Gasteiger charge is 2.18. The lowest BCUT2D eigenvalue weighted by molar-refractivity contribution is 0.175. The number of rotatable bonds is 4. The Kier molecular flexibility index (Phi) is 4.38. The average molecular weight is 296 g/mol. The molecule has 1 N–H and O–H groups in total. The van der Waals surface area contributed by atoms with Crippen LogP contribution in [-0.2, 0) is 18.3 Å². The van der Waals surface area contributed by atoms with Crippen molar-refractivity contribution in [1.29, 1.82) is 0 Å². The molecule has 2 aromatic rings. The third-order valence-electron chi connectivity index (χ3n) is 2.81. The van der Waals surface area contributed by atoms with Crippen LogP contribution in [0.5, 0.6) is 0 Å². The minimum absolute atomic E-state index is 0.0755. The maximum Gasteiger partial charge on any atom is 0.0954 e. The molecule has 0 radical (unpaired) electrons. The number of aryl methyl sites for hydroxylation is 1. The fraction of sp³-hybridized carbons (Fsp3) is 0.571. The summed E-state index contributed by atoms with van der Waals surface area (Å²) in [6.45, 7) is 8.44. The highest BCUT2D eigenvalue weighted by molar-refractivity contribution is 7.10. The summed E-state index contributed by atoms with van der Waals surface area (Å²) in [4.78, 5) is 8.99. The van der Waals surface area contributed by atoms with Crippen molar-refractivity contribution in [2.75, 3.05) is 0 Å². The molecule has 0 spiro atoms. The molecule has 2 aromatic heterocycles. The molecule has 0 bridgehead atoms. The first-order valence-corrected chi connectivity index (χ1v) is 8.14. The van der Waals surface area contributed by atoms with Gasteiger partial charge in [-0.05, 0) is 6.92 Å². The van der Waals surface area contributed by atoms with E-state index in [0.717, 1.165) is 21.4 Å². The van der Waals surface area contributed by atoms with E-state index in [2.05, 4.69) is 36.1 Å². The van der Waals surface area contributed by atoms with Crippen LogP contribution in [-0.4, -0.2) is 21.2 Å². The van der Waals surface area contributed by atoms with Crippen molar-refractivity contribution in [3.05, 3.63) is 32.2 Å². The molecule has 0 saturated heterocycles. The standard InChI is InChI=1S/C14H20N2OS2/c1-9-7-18-12(15-9)5-10(17)6-13-16-11(8-19-13)14(2,3)4/h7-8,10,17H,5-6H2,1-4H3. The molecule has 5 heteroatoms. The molecule has 3 nitrogen and oxygen atoms in total. The number of nitrogens with zero attached hydrogens (tertiary/aromatic N) is 2. The Bertz CT molecular complexity index is 540. The van der Waals surface area contributed by atoms with Crippen molar-refractivity contribution >= 4 is 22.7 Å². The third-order valence-corrected chi connectivity index (χ3v) is 4.67. The summed E-state index contributed by atoms with van der Waals surface area (Å²) < 4.78 is 0. The van der Waals surface area contributed by atoms with Gasteiger partial charge in [-0.3, -0.25) is 0 Å². The highest BCUT2D eigenvalue weighted by Crippen LogP contribution is 2.24. The van der Waals surface area contributed by atoms with E-state index in [1.165, 1.54) is 0 Å². The van der Waals surface area contributed by atoms with Crippen molar-refractivity contribution in [3.8, 4) is 0 Å². The molecule has 2 rings (SSSR count). The van der Waals surface area contributed by atoms with E-state index in [1.807, 2.05) is 12.3 Å². The summed E-state index contributed by atoms with van der Waals surface area (Å²) in [5.41, 5.74) is 2.20. The minimum Gasteiger partial charge on any atom is -0.392 e. The van der Waals surface area contributed by atoms with E-state index < -0.39 is 6.10 Å². The van der Waals surface area contributed by atoms with E-state index >= 15 is 0 Å². The first-order valence-electron chi connectivity index (χ1n) is 6.38. The second-order valence-corrected chi connectivity index (χ2v) is 7.71. The molecule has 0 aromatic carbocycles. The van der Waals surface area contributed by atoms with E-state index in [1.54, 1.807) is 22.7 Å². The maximum absolute atomic E-state index is 10.1. The third kappa shape index (κ3) is 4.09. The van der Waals surface area contributed by atoms with Crippen LogP contribution in [0.25, 0.3) is 0 Å². The van der Waals surface area contributed by atoms with Crippen LogP contribution < -0.4 is 0 Å². The van der Waals surface area contributed by atoms with Crippen molar-refractivity contribution in [2.45, 2.75) is 52.1 Å². The van der Waals surface area contributed by atoms with E-state index in [-0.39, 0.29) is 5.41 Å². The number of aliphatic hydroxyl groups is 1. The number of aromatic nitrogens is 2. The monoisotopic (exact) mass is 296 g/mol. The van der Waals surface area contributed by atoms with Gasteiger partial charge in [0, 0.05) is 34.7 Å². The molecule has 104 valence electrons. The van der Waals surface area contributed by atoms with Gasteiger partial charge in [0.05, 0.1) is 21.8 Å². The summed E-state index contributed by atoms with van der Waals surface area (Å²) in [5, 5.41) is 16.2. The van der Waals surface area contributed by atoms with Crippen LogP contribution in [0.15, 0.2) is 10.8 Å². The molecule has 0 aliphatic heterocycles. The molecular formula is C14H20N2OS2. The zero-order valence-corrected chi connectivity index (χ0v) is 13.4. The Hall–Kier alpha value is -0.780. The summed E-state index contributed by atoms with van der Waals surface area (Å²) in [6.07, 6.45) is 0.826. The summed E-state index contributed by atoms with van der Waals surface area (Å²) in [7, 11) is 0. The van der Waals surface area contributed by atoms with E-state index in [9.17, 15) is 5.11 Å². The van der Waals surface area contributed by atoms with Gasteiger partial charge in [0.15, 0.2) is 0 Å². The van der Waals surface area contributed by atoms with Gasteiger partial charge < -0.3 is 5.11 Å². The molecule has 19 heavy (non-hydrogen) atoms. The van der Waals surface area contributed by atoms with Crippen LogP contribution in [0.3, 0.4) is 0 Å². The van der Waals surface area contributed by atoms with Crippen LogP contribution in [0.4, 0.5) is 0 Å². The molecule has 0 aliphatic rings. The van der Waals surface area contributed by atoms with Gasteiger partial charge in [-0.25, -0.2) is 9.97 Å². The first-order chi connectivity index (χ1) is 8.84. The molecule has 0 aliphatic carbocycles. The smallest absolute Gasteiger partial charge is 0.0954 e. The first kappa shape index (κ1) is 14.6. The fourth-order valence-electron chi connectivity index (χ4n) is 1.72. The molecule has 1 unspecified atom stereocenters. The van der Waals surface area contributed by atoms with Crippen LogP contribution in [0, 0.1) is 6.92 Å². The van der Waals surface area contributed by atoms with Gasteiger partial charge in [0.2, 0.25) is 0 Å². The Morgan fingerprint density at radius 1 is 1.11 bits per heavy atom. The largest absolute Gasteiger partial charge is 0.392 e. The van der Waals surface area contributed by atoms with E-state index in [4.69, 9.17) is 0 Å². The SMILES string of the molecule is Cc1csc(CC(O)Cc2nc(C(C)(C)C)cs2)n1. The van der Waals surface area contributed by atoms with Gasteiger partial charge in [-0.1, -0.05) is 20.8 Å². The Labute approximate surface area is 122 Å². The summed E-state index contributed by atoms with van der Waals surface area (Å²) in [5.74, 6) is 0. The highest BCUT2D eigenvalue weighted by atomic mass is 32.1. The zero-order valence-electron chi connectivity index (χ0n) is 11.8. The zero-order chi connectivity index (χ0) is 14.0. The van der Waals surface area contributed by atoms with Crippen molar-refractivity contribution in [2.24, 2.45) is 0 Å². The number of hydrogen-bond donors (Lipinski definition) is 1. The second-order valence-electron chi connectivity index (χ2n) is 5.82. The lowest BCUT2D eigenvalue weighted by Crippen LogP contribution is -2.15.